The van der Waals surface area contributed by atoms with Crippen LogP contribution in [0.4, 0.5) is 13.2 Å². The molecule has 5 aromatic carbocycles. The number of piperidine rings is 3. The monoisotopic (exact) mass is 2050 g/mol. The van der Waals surface area contributed by atoms with Gasteiger partial charge in [-0.05, 0) is 141 Å². The number of nitrogens with zero attached hydrogens (tertiary/aromatic N) is 25. The van der Waals surface area contributed by atoms with E-state index in [1.807, 2.05) is 96.9 Å². The van der Waals surface area contributed by atoms with E-state index in [1.165, 1.54) is 35.7 Å². The van der Waals surface area contributed by atoms with Gasteiger partial charge in [0.2, 0.25) is 25.2 Å². The van der Waals surface area contributed by atoms with Crippen molar-refractivity contribution in [2.45, 2.75) is 185 Å². The first-order chi connectivity index (χ1) is 69.6. The van der Waals surface area contributed by atoms with Gasteiger partial charge in [0.15, 0.2) is 51.6 Å². The lowest BCUT2D eigenvalue weighted by atomic mass is 9.97. The summed E-state index contributed by atoms with van der Waals surface area (Å²) in [6, 6.07) is 42.5. The molecule has 4 aliphatic rings. The molecule has 0 spiro atoms. The Hall–Kier alpha value is -13.5. The fourth-order valence-electron chi connectivity index (χ4n) is 19.9. The van der Waals surface area contributed by atoms with E-state index in [0.29, 0.717) is 189 Å². The number of pyridine rings is 1. The largest absolute Gasteiger partial charge is 0.434 e. The van der Waals surface area contributed by atoms with Crippen LogP contribution in [0.25, 0.3) is 102 Å². The lowest BCUT2D eigenvalue weighted by molar-refractivity contribution is -0.141. The van der Waals surface area contributed by atoms with Crippen LogP contribution in [0.1, 0.15) is 171 Å². The molecule has 768 valence electrons. The summed E-state index contributed by atoms with van der Waals surface area (Å²) in [7, 11) is 0.0439. The third-order valence-corrected chi connectivity index (χ3v) is 34.5. The van der Waals surface area contributed by atoms with E-state index in [4.69, 9.17) is 19.9 Å². The molecular formula is C105H124F3N25O10S3. The predicted molar refractivity (Wildman–Crippen MR) is 556 cm³/mol. The Balaban J connectivity index is 0.000000134. The normalized spacial score (nSPS) is 15.6. The van der Waals surface area contributed by atoms with E-state index < -0.39 is 47.2 Å². The maximum atomic E-state index is 13.5. The zero-order valence-electron chi connectivity index (χ0n) is 84.9. The molecule has 0 unspecified atom stereocenters. The molecule has 0 atom stereocenters. The minimum atomic E-state index is -4.53. The fourth-order valence-corrected chi connectivity index (χ4v) is 24.2. The summed E-state index contributed by atoms with van der Waals surface area (Å²) in [5.74, 6) is 4.40. The first kappa shape index (κ1) is 104. The van der Waals surface area contributed by atoms with Gasteiger partial charge in [-0.25, -0.2) is 98.6 Å². The molecule has 4 saturated heterocycles. The Labute approximate surface area is 845 Å². The van der Waals surface area contributed by atoms with Gasteiger partial charge in [-0.2, -0.15) is 21.8 Å². The van der Waals surface area contributed by atoms with Gasteiger partial charge in [0.25, 0.3) is 10.0 Å². The number of likely N-dealkylation sites (N-methyl/N-ethyl adjacent to an activating group) is 1. The maximum Gasteiger partial charge on any atom is 0.434 e. The van der Waals surface area contributed by atoms with Crippen LogP contribution < -0.4 is 22.8 Å². The van der Waals surface area contributed by atoms with Crippen molar-refractivity contribution in [3.05, 3.63) is 265 Å². The first-order valence-electron chi connectivity index (χ1n) is 49.4. The SMILES string of the molecule is CC(C)c1ccccc1-c1ncc2c(n1)n(CC1CCN(S(=O)(=O)C(C)C)CC1)c(=O)n2C.CC(C)c1ccccc1-c1ncc2c(n1)n(CC1CCN(S(=O)(=O)c3cccnc3)CC1)c(=O)n2C.CC(C)c1ccccc1-c1ncc2c(n1)n(CC1CCN(S(=O)(=O)c3nccn3C)CC1)c(=O)n2C.CC(C)c1ccccc1-c1ncc2c(n1)n(Cc1ccc(-c3nc(C(F)(F)F)cn3C3CN(C)C3)cc1)c(=O)n2C. The zero-order valence-corrected chi connectivity index (χ0v) is 87.4. The number of rotatable bonds is 24. The van der Waals surface area contributed by atoms with Crippen LogP contribution in [0.2, 0.25) is 0 Å². The molecule has 20 rings (SSSR count). The van der Waals surface area contributed by atoms with Crippen molar-refractivity contribution in [3.63, 3.8) is 0 Å². The van der Waals surface area contributed by atoms with Gasteiger partial charge >= 0.3 is 28.9 Å². The molecule has 0 aliphatic carbocycles. The van der Waals surface area contributed by atoms with E-state index in [9.17, 15) is 57.6 Å². The van der Waals surface area contributed by atoms with Crippen molar-refractivity contribution in [1.29, 1.82) is 0 Å². The maximum absolute atomic E-state index is 13.5. The number of fused-ring (bicyclic) bond motifs is 4. The number of aryl methyl sites for hydroxylation is 5. The Morgan fingerprint density at radius 2 is 0.740 bits per heavy atom. The Morgan fingerprint density at radius 3 is 1.07 bits per heavy atom. The van der Waals surface area contributed by atoms with Crippen LogP contribution in [-0.4, -0.2) is 208 Å². The average Bonchev–Trinajstić information content (AvgIpc) is 1.62. The minimum Gasteiger partial charge on any atom is -0.325 e. The van der Waals surface area contributed by atoms with Crippen LogP contribution in [0.15, 0.2) is 218 Å². The van der Waals surface area contributed by atoms with Gasteiger partial charge in [0.1, 0.15) is 32.8 Å². The second-order valence-electron chi connectivity index (χ2n) is 39.9. The first-order valence-corrected chi connectivity index (χ1v) is 53.8. The van der Waals surface area contributed by atoms with E-state index in [1.54, 1.807) is 151 Å². The van der Waals surface area contributed by atoms with Gasteiger partial charge < -0.3 is 14.0 Å². The third kappa shape index (κ3) is 21.1. The number of hydrogen-bond acceptors (Lipinski definition) is 22. The third-order valence-electron chi connectivity index (χ3n) is 28.5. The van der Waals surface area contributed by atoms with Gasteiger partial charge in [-0.3, -0.25) is 41.5 Å². The molecule has 41 heteroatoms. The van der Waals surface area contributed by atoms with Gasteiger partial charge in [0.05, 0.1) is 42.6 Å². The quantitative estimate of drug-likeness (QED) is 0.0542. The van der Waals surface area contributed by atoms with Crippen LogP contribution in [0.5, 0.6) is 0 Å². The number of hydrogen-bond donors (Lipinski definition) is 0. The Kier molecular flexibility index (Phi) is 30.3. The number of likely N-dealkylation sites (tertiary alicyclic amines) is 1. The summed E-state index contributed by atoms with van der Waals surface area (Å²) in [6.07, 6.45) is 13.5. The molecular weight excluding hydrogens is 1920 g/mol. The number of benzene rings is 5. The second kappa shape index (κ2) is 42.5. The molecule has 4 aliphatic heterocycles. The molecule has 0 radical (unpaired) electrons. The predicted octanol–water partition coefficient (Wildman–Crippen LogP) is 14.9. The molecule has 0 N–H and O–H groups in total. The topological polar surface area (TPSA) is 375 Å². The van der Waals surface area contributed by atoms with E-state index >= 15 is 0 Å². The lowest BCUT2D eigenvalue weighted by Crippen LogP contribution is -2.44. The second-order valence-corrected chi connectivity index (χ2v) is 46.2. The highest BCUT2D eigenvalue weighted by Gasteiger charge is 2.40. The lowest BCUT2D eigenvalue weighted by Gasteiger charge is -2.37. The van der Waals surface area contributed by atoms with Crippen LogP contribution in [0, 0.1) is 17.8 Å². The molecule has 35 nitrogen and oxygen atoms in total. The van der Waals surface area contributed by atoms with E-state index in [2.05, 4.69) is 115 Å². The van der Waals surface area contributed by atoms with E-state index in [-0.39, 0.29) is 74.9 Å². The van der Waals surface area contributed by atoms with Crippen molar-refractivity contribution in [1.82, 2.24) is 118 Å². The number of sulfonamides is 3. The fraction of sp³-hybridized carbons (Fsp3) is 0.419. The summed E-state index contributed by atoms with van der Waals surface area (Å²) >= 11 is 0. The van der Waals surface area contributed by atoms with Crippen molar-refractivity contribution >= 4 is 74.7 Å². The molecule has 0 saturated carbocycles. The molecule has 0 amide bonds. The number of aromatic nitrogens is 21. The molecule has 15 heterocycles. The summed E-state index contributed by atoms with van der Waals surface area (Å²) in [4.78, 5) is 104. The van der Waals surface area contributed by atoms with Crippen molar-refractivity contribution in [2.75, 3.05) is 59.4 Å². The number of halogens is 3. The number of alkyl halides is 3. The van der Waals surface area contributed by atoms with Gasteiger partial charge in [-0.15, -0.1) is 0 Å². The molecule has 0 bridgehead atoms. The Bertz CT molecular complexity index is 8130. The molecule has 11 aromatic heterocycles. The highest BCUT2D eigenvalue weighted by atomic mass is 32.2. The molecule has 146 heavy (non-hydrogen) atoms. The highest BCUT2D eigenvalue weighted by molar-refractivity contribution is 7.90. The van der Waals surface area contributed by atoms with Crippen LogP contribution in [-0.2, 0) is 97.7 Å². The van der Waals surface area contributed by atoms with Gasteiger partial charge in [-0.1, -0.05) is 177 Å². The molecule has 16 aromatic rings. The zero-order chi connectivity index (χ0) is 104. The summed E-state index contributed by atoms with van der Waals surface area (Å²) in [5, 5.41) is -0.365. The summed E-state index contributed by atoms with van der Waals surface area (Å²) in [6.45, 7) is 26.1. The van der Waals surface area contributed by atoms with Crippen molar-refractivity contribution in [2.24, 2.45) is 53.0 Å². The van der Waals surface area contributed by atoms with Crippen molar-refractivity contribution in [3.8, 4) is 56.9 Å². The minimum absolute atomic E-state index is 0.0529. The Morgan fingerprint density at radius 1 is 0.390 bits per heavy atom. The van der Waals surface area contributed by atoms with Crippen LogP contribution in [0.3, 0.4) is 0 Å². The van der Waals surface area contributed by atoms with E-state index in [0.717, 1.165) is 63.5 Å². The summed E-state index contributed by atoms with van der Waals surface area (Å²) in [5.41, 5.74) is 13.3. The van der Waals surface area contributed by atoms with Gasteiger partial charge in [0, 0.05) is 166 Å². The van der Waals surface area contributed by atoms with Crippen molar-refractivity contribution < 1.29 is 38.4 Å². The molecule has 4 fully saturated rings. The smallest absolute Gasteiger partial charge is 0.325 e. The average molecular weight is 2050 g/mol. The number of imidazole rings is 6. The highest BCUT2D eigenvalue weighted by Crippen LogP contribution is 2.39. The summed E-state index contributed by atoms with van der Waals surface area (Å²) < 4.78 is 138. The van der Waals surface area contributed by atoms with Crippen LogP contribution >= 0.6 is 0 Å². The standard InChI is InChI=1S/C30H30F3N7O.C26H30N6O3S.C25H31N7O3S.C24H33N5O3S/c1-18(2)22-7-5-6-8-23(22)26-34-13-24-28(36-26)40(29(41)38(24)4)14-19-9-11-20(12-10-19)27-35-25(30(31,32)33)17-39(27)21-15-37(3)16-21;1-18(2)21-8-4-5-9-22(21)24-28-16-23-25(29-24)32(26(33)30(23)3)17-19-10-13-31(14-11-19)36(34,35)20-7-6-12-27-15-20;1-17(2)19-7-5-6-8-20(19)22-27-15-21-23(28-22)32(25(33)30(21)4)16-18-9-12-31(13-10-18)36(34,35)24-26-11-14-29(24)3;1-16(2)19-8-6-7-9-20(19)22-25-14-21-23(26-22)29(24(30)27(21)5)15-18-10-12-28(13-11-18)33(31,32)17(3)4/h5-13,17-18,21H,14-16H2,1-4H3;4-9,12,15-16,18-19H,10-11,13-14,17H2,1-3H3;5-8,11,14-15,17-18H,9-10,12-13,16H2,1-4H3;6-9,14,16-18H,10-13,15H2,1-5H3.